The Morgan fingerprint density at radius 2 is 0.500 bits per heavy atom. The summed E-state index contributed by atoms with van der Waals surface area (Å²) in [4.78, 5) is 53.8. The molecule has 0 fully saturated rings. The summed E-state index contributed by atoms with van der Waals surface area (Å²) in [6.45, 7) is 0. The zero-order chi connectivity index (χ0) is 95.5. The van der Waals surface area contributed by atoms with E-state index in [1.807, 2.05) is 164 Å². The average molecular weight is 1870 g/mol. The summed E-state index contributed by atoms with van der Waals surface area (Å²) in [6.07, 6.45) is 0. The van der Waals surface area contributed by atoms with E-state index in [-0.39, 0.29) is 0 Å². The second kappa shape index (κ2) is 31.7. The van der Waals surface area contributed by atoms with E-state index in [0.717, 1.165) is 259 Å². The Balaban J connectivity index is 0.000000134. The summed E-state index contributed by atoms with van der Waals surface area (Å²) >= 11 is 0. The first-order chi connectivity index (χ1) is 72.4. The van der Waals surface area contributed by atoms with Crippen molar-refractivity contribution in [3.05, 3.63) is 437 Å². The van der Waals surface area contributed by atoms with E-state index < -0.39 is 0 Å². The molecular weight excluding hydrogens is 1790 g/mol. The number of aromatic nitrogens is 12. The standard InChI is InChI=1S/C70H39N7O2.C60H33N5O2/c1-3-17-40(18-4-1)64-52-23-7-11-29-54(52)71-68(75-64)56-39-61(74-69(73-56)70-72-55-30-12-8-24-53(55)65(76-70)41-19-5-2-6-20-41)77-57-37-35-42(48-25-15-27-50-44-21-9-13-31-59(44)78-66(48)50)46-33-34-47-43(36-38-58(77)63(47)62(46)57)49-26-16-28-51-45-22-10-14-32-60(45)79-67(49)51;1-5-23-47-43(17-1)55(45-21-11-19-41-39-15-3-7-27-51(39)66-57(41)45)63-59(61-47)36-31-37(33-38(32-36)65-49-25-9-13-34-29-30-35-14-10-26-50(65)54(35)53(34)49)60-62-48-24-6-2-18-44(48)56(64-60)46-22-12-20-42-40-16-4-8-28-52(40)67-58(42)46/h1-39H;1-33H. The van der Waals surface area contributed by atoms with Gasteiger partial charge in [-0.15, -0.1) is 0 Å². The van der Waals surface area contributed by atoms with Crippen molar-refractivity contribution in [2.75, 3.05) is 0 Å². The molecule has 32 aromatic rings. The van der Waals surface area contributed by atoms with Gasteiger partial charge in [0.05, 0.1) is 66.9 Å². The normalized spacial score (nSPS) is 12.1. The van der Waals surface area contributed by atoms with Crippen LogP contribution in [0.15, 0.2) is 454 Å². The highest BCUT2D eigenvalue weighted by Crippen LogP contribution is 2.52. The largest absolute Gasteiger partial charge is 0.455 e. The lowest BCUT2D eigenvalue weighted by molar-refractivity contribution is 0.669. The van der Waals surface area contributed by atoms with Crippen LogP contribution in [0.3, 0.4) is 0 Å². The van der Waals surface area contributed by atoms with E-state index in [1.54, 1.807) is 0 Å². The summed E-state index contributed by atoms with van der Waals surface area (Å²) in [5.41, 5.74) is 28.2. The van der Waals surface area contributed by atoms with Crippen LogP contribution in [0, 0.1) is 0 Å². The average Bonchev–Trinajstić information content (AvgIpc) is 1.55. The third-order valence-corrected chi connectivity index (χ3v) is 29.2. The van der Waals surface area contributed by atoms with Crippen molar-refractivity contribution in [3.8, 4) is 125 Å². The van der Waals surface area contributed by atoms with Gasteiger partial charge in [-0.25, -0.2) is 49.8 Å². The molecular formula is C130H72N12O4. The Labute approximate surface area is 829 Å². The Bertz CT molecular complexity index is 10500. The summed E-state index contributed by atoms with van der Waals surface area (Å²) in [5.74, 6) is 2.91. The monoisotopic (exact) mass is 1860 g/mol. The fourth-order valence-electron chi connectivity index (χ4n) is 22.7. The van der Waals surface area contributed by atoms with Crippen LogP contribution in [0.4, 0.5) is 0 Å². The number of para-hydroxylation sites is 12. The van der Waals surface area contributed by atoms with Crippen LogP contribution in [0.25, 0.3) is 321 Å². The predicted molar refractivity (Wildman–Crippen MR) is 590 cm³/mol. The third kappa shape index (κ3) is 12.4. The topological polar surface area (TPSA) is 191 Å². The predicted octanol–water partition coefficient (Wildman–Crippen LogP) is 33.6. The van der Waals surface area contributed by atoms with E-state index in [2.05, 4.69) is 282 Å². The van der Waals surface area contributed by atoms with Crippen molar-refractivity contribution in [1.29, 1.82) is 0 Å². The summed E-state index contributed by atoms with van der Waals surface area (Å²) < 4.78 is 31.3. The molecule has 16 heteroatoms. The van der Waals surface area contributed by atoms with Gasteiger partial charge in [0.1, 0.15) is 56.2 Å². The zero-order valence-corrected chi connectivity index (χ0v) is 77.6. The number of benzene rings is 21. The summed E-state index contributed by atoms with van der Waals surface area (Å²) in [5, 5.41) is 21.4. The SMILES string of the molecule is c1ccc(-c2nc(-c3cc(-n4c5ccc(-c6cccc7c6oc6ccccc67)c6ccc7c(-c8cccc9c8oc8ccccc89)ccc4c7c65)nc(-c4nc(-c5ccccc5)c5ccccc5n4)n3)nc3ccccc23)cc1.c1ccc2c(-c3cccc4c3oc3ccccc34)nc(-c3cc(-c4nc(-c5cccc6c5oc5ccccc56)c5ccccc5n4)cc(-n4c5cccc6ccc7cccc4c7c65)c3)nc2c1. The minimum atomic E-state index is 0.332. The molecule has 21 aromatic carbocycles. The fraction of sp³-hybridized carbons (Fsp3) is 0. The van der Waals surface area contributed by atoms with E-state index in [0.29, 0.717) is 40.6 Å². The second-order valence-corrected chi connectivity index (χ2v) is 37.4. The highest BCUT2D eigenvalue weighted by molar-refractivity contribution is 6.31. The maximum atomic E-state index is 6.73. The van der Waals surface area contributed by atoms with Gasteiger partial charge < -0.3 is 22.2 Å². The Morgan fingerprint density at radius 1 is 0.171 bits per heavy atom. The molecule has 0 saturated carbocycles. The van der Waals surface area contributed by atoms with Gasteiger partial charge in [0, 0.05) is 142 Å². The lowest BCUT2D eigenvalue weighted by Gasteiger charge is -2.15. The van der Waals surface area contributed by atoms with Crippen LogP contribution in [-0.4, -0.2) is 59.0 Å². The molecule has 676 valence electrons. The zero-order valence-electron chi connectivity index (χ0n) is 77.6. The van der Waals surface area contributed by atoms with E-state index in [9.17, 15) is 0 Å². The van der Waals surface area contributed by atoms with Crippen molar-refractivity contribution >= 4 is 197 Å². The van der Waals surface area contributed by atoms with Gasteiger partial charge in [-0.05, 0) is 136 Å². The van der Waals surface area contributed by atoms with Crippen molar-refractivity contribution < 1.29 is 17.7 Å². The van der Waals surface area contributed by atoms with Gasteiger partial charge in [0.25, 0.3) is 0 Å². The first kappa shape index (κ1) is 80.8. The van der Waals surface area contributed by atoms with Crippen LogP contribution < -0.4 is 0 Å². The van der Waals surface area contributed by atoms with E-state index >= 15 is 0 Å². The van der Waals surface area contributed by atoms with Gasteiger partial charge in [-0.2, -0.15) is 0 Å². The first-order valence-corrected chi connectivity index (χ1v) is 48.8. The Morgan fingerprint density at radius 3 is 0.932 bits per heavy atom. The number of nitrogens with zero attached hydrogens (tertiary/aromatic N) is 12. The second-order valence-electron chi connectivity index (χ2n) is 37.4. The van der Waals surface area contributed by atoms with Gasteiger partial charge in [0.2, 0.25) is 0 Å². The van der Waals surface area contributed by atoms with Crippen molar-refractivity contribution in [2.45, 2.75) is 0 Å². The molecule has 0 amide bonds. The van der Waals surface area contributed by atoms with Gasteiger partial charge in [-0.1, -0.05) is 328 Å². The molecule has 0 atom stereocenters. The molecule has 146 heavy (non-hydrogen) atoms. The number of furan rings is 4. The number of hydrogen-bond donors (Lipinski definition) is 0. The lowest BCUT2D eigenvalue weighted by Crippen LogP contribution is -2.06. The quantitative estimate of drug-likeness (QED) is 0.105. The molecule has 32 rings (SSSR count). The summed E-state index contributed by atoms with van der Waals surface area (Å²) in [6, 6.07) is 151. The molecule has 16 nitrogen and oxygen atoms in total. The van der Waals surface area contributed by atoms with Crippen LogP contribution in [0.2, 0.25) is 0 Å². The van der Waals surface area contributed by atoms with E-state index in [4.69, 9.17) is 67.5 Å². The van der Waals surface area contributed by atoms with Crippen LogP contribution in [0.1, 0.15) is 0 Å². The van der Waals surface area contributed by atoms with Crippen molar-refractivity contribution in [3.63, 3.8) is 0 Å². The smallest absolute Gasteiger partial charge is 0.200 e. The molecule has 0 spiro atoms. The van der Waals surface area contributed by atoms with E-state index in [1.165, 1.54) is 21.5 Å². The highest BCUT2D eigenvalue weighted by Gasteiger charge is 2.31. The van der Waals surface area contributed by atoms with Crippen LogP contribution in [0.5, 0.6) is 0 Å². The first-order valence-electron chi connectivity index (χ1n) is 48.8. The van der Waals surface area contributed by atoms with Crippen molar-refractivity contribution in [1.82, 2.24) is 59.0 Å². The van der Waals surface area contributed by atoms with Gasteiger partial charge >= 0.3 is 0 Å². The molecule has 0 aliphatic rings. The Hall–Kier alpha value is -20.1. The number of fused-ring (bicyclic) bond motifs is 16. The number of hydrogen-bond acceptors (Lipinski definition) is 14. The lowest BCUT2D eigenvalue weighted by atomic mass is 9.90. The minimum Gasteiger partial charge on any atom is -0.455 e. The molecule has 0 aliphatic heterocycles. The molecule has 11 aromatic heterocycles. The van der Waals surface area contributed by atoms with Crippen molar-refractivity contribution in [2.24, 2.45) is 0 Å². The number of rotatable bonds is 12. The molecule has 0 N–H and O–H groups in total. The highest BCUT2D eigenvalue weighted by atomic mass is 16.3. The maximum absolute atomic E-state index is 6.73. The molecule has 0 radical (unpaired) electrons. The van der Waals surface area contributed by atoms with Gasteiger partial charge in [0.15, 0.2) is 29.1 Å². The van der Waals surface area contributed by atoms with Crippen LogP contribution >= 0.6 is 0 Å². The molecule has 0 bridgehead atoms. The van der Waals surface area contributed by atoms with Gasteiger partial charge in [-0.3, -0.25) is 4.57 Å². The molecule has 0 saturated heterocycles. The Kier molecular flexibility index (Phi) is 17.6. The molecule has 11 heterocycles. The minimum absolute atomic E-state index is 0.332. The summed E-state index contributed by atoms with van der Waals surface area (Å²) in [7, 11) is 0. The third-order valence-electron chi connectivity index (χ3n) is 29.2. The molecule has 0 unspecified atom stereocenters. The fourth-order valence-corrected chi connectivity index (χ4v) is 22.7. The molecule has 0 aliphatic carbocycles. The maximum Gasteiger partial charge on any atom is 0.200 e. The van der Waals surface area contributed by atoms with Crippen LogP contribution in [-0.2, 0) is 0 Å².